The summed E-state index contributed by atoms with van der Waals surface area (Å²) in [7, 11) is 4.51. The topological polar surface area (TPSA) is 44.8 Å². The largest absolute Gasteiger partial charge is 0.493 e. The minimum atomic E-state index is -0.394. The van der Waals surface area contributed by atoms with E-state index in [0.717, 1.165) is 16.7 Å². The van der Waals surface area contributed by atoms with Crippen LogP contribution in [0.3, 0.4) is 0 Å². The van der Waals surface area contributed by atoms with Crippen LogP contribution >= 0.6 is 0 Å². The van der Waals surface area contributed by atoms with Crippen molar-refractivity contribution < 1.29 is 19.0 Å². The van der Waals surface area contributed by atoms with Crippen molar-refractivity contribution >= 4 is 11.5 Å². The van der Waals surface area contributed by atoms with E-state index in [-0.39, 0.29) is 0 Å². The van der Waals surface area contributed by atoms with Gasteiger partial charge in [-0.1, -0.05) is 12.1 Å². The van der Waals surface area contributed by atoms with E-state index in [1.165, 1.54) is 13.2 Å². The molecule has 0 amide bonds. The van der Waals surface area contributed by atoms with Crippen molar-refractivity contribution in [2.75, 3.05) is 21.3 Å². The molecule has 0 atom stereocenters. The molecule has 1 aromatic carbocycles. The second kappa shape index (κ2) is 6.10. The average molecular weight is 250 g/mol. The number of allylic oxidation sites excluding steroid dienone is 1. The van der Waals surface area contributed by atoms with Crippen LogP contribution in [-0.2, 0) is 9.53 Å². The molecule has 0 bridgehead atoms. The fourth-order valence-corrected chi connectivity index (χ4v) is 1.74. The molecule has 0 saturated heterocycles. The van der Waals surface area contributed by atoms with E-state index in [1.54, 1.807) is 14.2 Å². The first-order chi connectivity index (χ1) is 8.54. The van der Waals surface area contributed by atoms with Gasteiger partial charge in [0.05, 0.1) is 21.3 Å². The number of benzene rings is 1. The Bertz CT molecular complexity index is 475. The number of ether oxygens (including phenoxy) is 3. The zero-order valence-electron chi connectivity index (χ0n) is 11.4. The van der Waals surface area contributed by atoms with E-state index in [9.17, 15) is 4.79 Å². The maximum Gasteiger partial charge on any atom is 0.330 e. The van der Waals surface area contributed by atoms with Gasteiger partial charge >= 0.3 is 5.97 Å². The lowest BCUT2D eigenvalue weighted by molar-refractivity contribution is -0.134. The van der Waals surface area contributed by atoms with Crippen LogP contribution in [0.25, 0.3) is 5.57 Å². The number of aryl methyl sites for hydroxylation is 1. The number of hydrogen-bond acceptors (Lipinski definition) is 4. The minimum Gasteiger partial charge on any atom is -0.493 e. The lowest BCUT2D eigenvalue weighted by Crippen LogP contribution is -1.99. The summed E-state index contributed by atoms with van der Waals surface area (Å²) < 4.78 is 15.3. The van der Waals surface area contributed by atoms with E-state index in [4.69, 9.17) is 9.47 Å². The SMILES string of the molecule is COC(=O)/C=C(\C)c1ccc(C)c(OC)c1OC. The van der Waals surface area contributed by atoms with Gasteiger partial charge in [0.25, 0.3) is 0 Å². The van der Waals surface area contributed by atoms with Crippen LogP contribution in [0.2, 0.25) is 0 Å². The summed E-state index contributed by atoms with van der Waals surface area (Å²) >= 11 is 0. The third kappa shape index (κ3) is 2.83. The van der Waals surface area contributed by atoms with E-state index >= 15 is 0 Å². The van der Waals surface area contributed by atoms with E-state index in [1.807, 2.05) is 26.0 Å². The first-order valence-corrected chi connectivity index (χ1v) is 5.53. The molecule has 1 rings (SSSR count). The van der Waals surface area contributed by atoms with Crippen molar-refractivity contribution in [3.05, 3.63) is 29.3 Å². The summed E-state index contributed by atoms with van der Waals surface area (Å²) in [5, 5.41) is 0. The quantitative estimate of drug-likeness (QED) is 0.608. The third-order valence-corrected chi connectivity index (χ3v) is 2.68. The normalized spacial score (nSPS) is 11.1. The number of rotatable bonds is 4. The van der Waals surface area contributed by atoms with Gasteiger partial charge in [0.2, 0.25) is 0 Å². The highest BCUT2D eigenvalue weighted by atomic mass is 16.5. The summed E-state index contributed by atoms with van der Waals surface area (Å²) in [4.78, 5) is 11.2. The molecular formula is C14H18O4. The Morgan fingerprint density at radius 1 is 1.11 bits per heavy atom. The molecule has 4 nitrogen and oxygen atoms in total. The average Bonchev–Trinajstić information content (AvgIpc) is 2.37. The van der Waals surface area contributed by atoms with Crippen molar-refractivity contribution in [1.29, 1.82) is 0 Å². The highest BCUT2D eigenvalue weighted by Crippen LogP contribution is 2.37. The van der Waals surface area contributed by atoms with Crippen LogP contribution < -0.4 is 9.47 Å². The molecule has 0 aliphatic heterocycles. The standard InChI is InChI=1S/C14H18O4/c1-9-6-7-11(10(2)8-12(15)16-3)14(18-5)13(9)17-4/h6-8H,1-5H3/b10-8+. The Labute approximate surface area is 107 Å². The van der Waals surface area contributed by atoms with Crippen molar-refractivity contribution in [3.8, 4) is 11.5 Å². The Hall–Kier alpha value is -1.97. The zero-order chi connectivity index (χ0) is 13.7. The molecule has 0 radical (unpaired) electrons. The molecule has 0 aliphatic rings. The molecule has 98 valence electrons. The van der Waals surface area contributed by atoms with E-state index in [2.05, 4.69) is 4.74 Å². The number of carbonyl (C=O) groups is 1. The van der Waals surface area contributed by atoms with Gasteiger partial charge in [0, 0.05) is 11.6 Å². The highest BCUT2D eigenvalue weighted by molar-refractivity contribution is 5.92. The Morgan fingerprint density at radius 2 is 1.72 bits per heavy atom. The number of methoxy groups -OCH3 is 3. The first kappa shape index (κ1) is 14.1. The Morgan fingerprint density at radius 3 is 2.22 bits per heavy atom. The van der Waals surface area contributed by atoms with Crippen LogP contribution in [0.1, 0.15) is 18.1 Å². The molecular weight excluding hydrogens is 232 g/mol. The molecule has 0 unspecified atom stereocenters. The molecule has 18 heavy (non-hydrogen) atoms. The van der Waals surface area contributed by atoms with Gasteiger partial charge in [0.15, 0.2) is 11.5 Å². The van der Waals surface area contributed by atoms with Crippen molar-refractivity contribution in [1.82, 2.24) is 0 Å². The summed E-state index contributed by atoms with van der Waals surface area (Å²) in [5.41, 5.74) is 2.55. The van der Waals surface area contributed by atoms with Crippen LogP contribution in [0.4, 0.5) is 0 Å². The zero-order valence-corrected chi connectivity index (χ0v) is 11.4. The van der Waals surface area contributed by atoms with Crippen LogP contribution in [0, 0.1) is 6.92 Å². The van der Waals surface area contributed by atoms with Gasteiger partial charge in [-0.3, -0.25) is 0 Å². The van der Waals surface area contributed by atoms with Crippen molar-refractivity contribution in [2.45, 2.75) is 13.8 Å². The molecule has 0 spiro atoms. The Balaban J connectivity index is 3.33. The van der Waals surface area contributed by atoms with Crippen molar-refractivity contribution in [3.63, 3.8) is 0 Å². The molecule has 0 N–H and O–H groups in total. The van der Waals surface area contributed by atoms with E-state index in [0.29, 0.717) is 11.5 Å². The maximum absolute atomic E-state index is 11.2. The van der Waals surface area contributed by atoms with Gasteiger partial charge in [-0.05, 0) is 25.0 Å². The second-order valence-electron chi connectivity index (χ2n) is 3.85. The molecule has 4 heteroatoms. The summed E-state index contributed by atoms with van der Waals surface area (Å²) in [6.45, 7) is 3.76. The molecule has 1 aromatic rings. The van der Waals surface area contributed by atoms with Gasteiger partial charge in [0.1, 0.15) is 0 Å². The highest BCUT2D eigenvalue weighted by Gasteiger charge is 2.14. The van der Waals surface area contributed by atoms with Gasteiger partial charge < -0.3 is 14.2 Å². The molecule has 0 heterocycles. The van der Waals surface area contributed by atoms with Gasteiger partial charge in [-0.15, -0.1) is 0 Å². The fraction of sp³-hybridized carbons (Fsp3) is 0.357. The summed E-state index contributed by atoms with van der Waals surface area (Å²) in [5.74, 6) is 0.900. The van der Waals surface area contributed by atoms with Gasteiger partial charge in [-0.25, -0.2) is 4.79 Å². The number of esters is 1. The monoisotopic (exact) mass is 250 g/mol. The third-order valence-electron chi connectivity index (χ3n) is 2.68. The molecule has 0 fully saturated rings. The second-order valence-corrected chi connectivity index (χ2v) is 3.85. The van der Waals surface area contributed by atoms with Crippen LogP contribution in [0.15, 0.2) is 18.2 Å². The van der Waals surface area contributed by atoms with Crippen LogP contribution in [0.5, 0.6) is 11.5 Å². The molecule has 0 saturated carbocycles. The van der Waals surface area contributed by atoms with Gasteiger partial charge in [-0.2, -0.15) is 0 Å². The number of hydrogen-bond donors (Lipinski definition) is 0. The predicted molar refractivity (Wildman–Crippen MR) is 70.0 cm³/mol. The minimum absolute atomic E-state index is 0.394. The lowest BCUT2D eigenvalue weighted by Gasteiger charge is -2.15. The number of carbonyl (C=O) groups excluding carboxylic acids is 1. The summed E-state index contributed by atoms with van der Waals surface area (Å²) in [6, 6.07) is 3.82. The van der Waals surface area contributed by atoms with E-state index < -0.39 is 5.97 Å². The smallest absolute Gasteiger partial charge is 0.330 e. The van der Waals surface area contributed by atoms with Crippen LogP contribution in [-0.4, -0.2) is 27.3 Å². The fourth-order valence-electron chi connectivity index (χ4n) is 1.74. The Kier molecular flexibility index (Phi) is 4.77. The molecule has 0 aliphatic carbocycles. The molecule has 0 aromatic heterocycles. The van der Waals surface area contributed by atoms with Crippen molar-refractivity contribution in [2.24, 2.45) is 0 Å². The lowest BCUT2D eigenvalue weighted by atomic mass is 10.0. The first-order valence-electron chi connectivity index (χ1n) is 5.53. The predicted octanol–water partition coefficient (Wildman–Crippen LogP) is 2.59. The summed E-state index contributed by atoms with van der Waals surface area (Å²) in [6.07, 6.45) is 1.42. The maximum atomic E-state index is 11.2.